The average molecular weight is 416 g/mol. The van der Waals surface area contributed by atoms with Gasteiger partial charge in [0.25, 0.3) is 11.6 Å². The number of carbonyl (C=O) groups is 1. The fourth-order valence-electron chi connectivity index (χ4n) is 2.99. The Morgan fingerprint density at radius 3 is 2.60 bits per heavy atom. The van der Waals surface area contributed by atoms with Gasteiger partial charge in [0.15, 0.2) is 0 Å². The largest absolute Gasteiger partial charge is 0.322 e. The van der Waals surface area contributed by atoms with Crippen LogP contribution in [0, 0.1) is 17.0 Å². The van der Waals surface area contributed by atoms with E-state index in [2.05, 4.69) is 15.3 Å². The Morgan fingerprint density at radius 2 is 1.87 bits per heavy atom. The number of carbonyl (C=O) groups excluding carboxylic acids is 1. The number of pyridine rings is 1. The SMILES string of the molecule is Cc1cc(C(=O)Nc2cccc(-c3csc(-c4ccncc4)n3)c2)ccc1[N+](=O)[O-]. The first kappa shape index (κ1) is 19.4. The summed E-state index contributed by atoms with van der Waals surface area (Å²) in [5.74, 6) is -0.332. The van der Waals surface area contributed by atoms with Crippen molar-refractivity contribution in [3.63, 3.8) is 0 Å². The molecule has 4 aromatic rings. The van der Waals surface area contributed by atoms with Gasteiger partial charge in [0.05, 0.1) is 10.6 Å². The van der Waals surface area contributed by atoms with Crippen molar-refractivity contribution in [1.29, 1.82) is 0 Å². The predicted octanol–water partition coefficient (Wildman–Crippen LogP) is 5.34. The van der Waals surface area contributed by atoms with Crippen molar-refractivity contribution in [3.05, 3.63) is 93.6 Å². The summed E-state index contributed by atoms with van der Waals surface area (Å²) in [6, 6.07) is 15.5. The molecule has 148 valence electrons. The number of nitrogens with one attached hydrogen (secondary N) is 1. The fourth-order valence-corrected chi connectivity index (χ4v) is 3.83. The van der Waals surface area contributed by atoms with Crippen molar-refractivity contribution < 1.29 is 9.72 Å². The summed E-state index contributed by atoms with van der Waals surface area (Å²) in [4.78, 5) is 31.8. The molecule has 1 N–H and O–H groups in total. The zero-order valence-electron chi connectivity index (χ0n) is 15.9. The minimum Gasteiger partial charge on any atom is -0.322 e. The lowest BCUT2D eigenvalue weighted by atomic mass is 10.1. The Kier molecular flexibility index (Phi) is 5.32. The number of aryl methyl sites for hydroxylation is 1. The van der Waals surface area contributed by atoms with Gasteiger partial charge in [-0.15, -0.1) is 11.3 Å². The Bertz CT molecular complexity index is 1240. The molecule has 8 heteroatoms. The lowest BCUT2D eigenvalue weighted by Gasteiger charge is -2.07. The summed E-state index contributed by atoms with van der Waals surface area (Å²) in [5.41, 5.74) is 4.09. The quantitative estimate of drug-likeness (QED) is 0.350. The Labute approximate surface area is 176 Å². The molecule has 0 saturated heterocycles. The topological polar surface area (TPSA) is 98.0 Å². The van der Waals surface area contributed by atoms with Gasteiger partial charge in [-0.25, -0.2) is 4.98 Å². The van der Waals surface area contributed by atoms with Gasteiger partial charge in [-0.3, -0.25) is 19.9 Å². The van der Waals surface area contributed by atoms with Crippen LogP contribution in [0.15, 0.2) is 72.4 Å². The van der Waals surface area contributed by atoms with Gasteiger partial charge in [0.2, 0.25) is 0 Å². The summed E-state index contributed by atoms with van der Waals surface area (Å²) >= 11 is 1.54. The maximum absolute atomic E-state index is 12.6. The zero-order valence-corrected chi connectivity index (χ0v) is 16.7. The smallest absolute Gasteiger partial charge is 0.272 e. The number of hydrogen-bond donors (Lipinski definition) is 1. The van der Waals surface area contributed by atoms with Gasteiger partial charge in [-0.05, 0) is 43.3 Å². The molecular formula is C22H16N4O3S. The van der Waals surface area contributed by atoms with E-state index in [-0.39, 0.29) is 11.6 Å². The van der Waals surface area contributed by atoms with Gasteiger partial charge >= 0.3 is 0 Å². The Hall–Kier alpha value is -3.91. The van der Waals surface area contributed by atoms with E-state index in [9.17, 15) is 14.9 Å². The van der Waals surface area contributed by atoms with Crippen LogP contribution in [-0.4, -0.2) is 20.8 Å². The Balaban J connectivity index is 1.54. The number of nitro groups is 1. The molecule has 0 aliphatic carbocycles. The number of benzene rings is 2. The van der Waals surface area contributed by atoms with E-state index in [1.807, 2.05) is 35.7 Å². The van der Waals surface area contributed by atoms with E-state index in [0.717, 1.165) is 21.8 Å². The molecule has 30 heavy (non-hydrogen) atoms. The van der Waals surface area contributed by atoms with Crippen LogP contribution < -0.4 is 5.32 Å². The minimum absolute atomic E-state index is 0.0120. The normalized spacial score (nSPS) is 10.6. The molecule has 4 rings (SSSR count). The Morgan fingerprint density at radius 1 is 1.07 bits per heavy atom. The number of aromatic nitrogens is 2. The van der Waals surface area contributed by atoms with Crippen LogP contribution >= 0.6 is 11.3 Å². The molecule has 0 spiro atoms. The third-order valence-electron chi connectivity index (χ3n) is 4.50. The summed E-state index contributed by atoms with van der Waals surface area (Å²) in [7, 11) is 0. The number of thiazole rings is 1. The van der Waals surface area contributed by atoms with Crippen molar-refractivity contribution in [2.45, 2.75) is 6.92 Å². The lowest BCUT2D eigenvalue weighted by Crippen LogP contribution is -2.12. The molecule has 7 nitrogen and oxygen atoms in total. The molecule has 0 saturated carbocycles. The third-order valence-corrected chi connectivity index (χ3v) is 5.39. The van der Waals surface area contributed by atoms with E-state index in [1.165, 1.54) is 29.5 Å². The second-order valence-corrected chi connectivity index (χ2v) is 7.43. The number of nitro benzene ring substituents is 1. The molecular weight excluding hydrogens is 400 g/mol. The summed E-state index contributed by atoms with van der Waals surface area (Å²) in [6.45, 7) is 1.61. The maximum atomic E-state index is 12.6. The van der Waals surface area contributed by atoms with Gasteiger partial charge in [0.1, 0.15) is 5.01 Å². The molecule has 0 fully saturated rings. The van der Waals surface area contributed by atoms with E-state index < -0.39 is 4.92 Å². The highest BCUT2D eigenvalue weighted by atomic mass is 32.1. The highest BCUT2D eigenvalue weighted by molar-refractivity contribution is 7.13. The molecule has 0 atom stereocenters. The second kappa shape index (κ2) is 8.22. The van der Waals surface area contributed by atoms with Gasteiger partial charge < -0.3 is 5.32 Å². The second-order valence-electron chi connectivity index (χ2n) is 6.57. The summed E-state index contributed by atoms with van der Waals surface area (Å²) in [6.07, 6.45) is 3.46. The van der Waals surface area contributed by atoms with Crippen LogP contribution in [0.3, 0.4) is 0 Å². The standard InChI is InChI=1S/C22H16N4O3S/c1-14-11-17(5-6-20(14)26(28)29)21(27)24-18-4-2-3-16(12-18)19-13-30-22(25-19)15-7-9-23-10-8-15/h2-13H,1H3,(H,24,27). The molecule has 0 aliphatic rings. The van der Waals surface area contributed by atoms with Gasteiger partial charge in [-0.2, -0.15) is 0 Å². The first-order chi connectivity index (χ1) is 14.5. The molecule has 0 radical (unpaired) electrons. The lowest BCUT2D eigenvalue weighted by molar-refractivity contribution is -0.385. The van der Waals surface area contributed by atoms with Gasteiger partial charge in [-0.1, -0.05) is 12.1 Å². The monoisotopic (exact) mass is 416 g/mol. The molecule has 2 heterocycles. The number of hydrogen-bond acceptors (Lipinski definition) is 6. The predicted molar refractivity (Wildman–Crippen MR) is 117 cm³/mol. The minimum atomic E-state index is -0.464. The highest BCUT2D eigenvalue weighted by Gasteiger charge is 2.14. The molecule has 0 bridgehead atoms. The van der Waals surface area contributed by atoms with Crippen LogP contribution in [-0.2, 0) is 0 Å². The fraction of sp³-hybridized carbons (Fsp3) is 0.0455. The number of amides is 1. The van der Waals surface area contributed by atoms with Crippen LogP contribution in [0.25, 0.3) is 21.8 Å². The van der Waals surface area contributed by atoms with Crippen molar-refractivity contribution >= 4 is 28.6 Å². The third kappa shape index (κ3) is 4.08. The van der Waals surface area contributed by atoms with Crippen molar-refractivity contribution in [2.75, 3.05) is 5.32 Å². The molecule has 2 aromatic carbocycles. The first-order valence-corrected chi connectivity index (χ1v) is 9.92. The van der Waals surface area contributed by atoms with Crippen molar-refractivity contribution in [2.24, 2.45) is 0 Å². The maximum Gasteiger partial charge on any atom is 0.272 e. The number of anilines is 1. The van der Waals surface area contributed by atoms with Crippen LogP contribution in [0.1, 0.15) is 15.9 Å². The van der Waals surface area contributed by atoms with Crippen molar-refractivity contribution in [3.8, 4) is 21.8 Å². The van der Waals surface area contributed by atoms with Crippen LogP contribution in [0.2, 0.25) is 0 Å². The first-order valence-electron chi connectivity index (χ1n) is 9.04. The highest BCUT2D eigenvalue weighted by Crippen LogP contribution is 2.30. The van der Waals surface area contributed by atoms with Crippen molar-refractivity contribution in [1.82, 2.24) is 9.97 Å². The van der Waals surface area contributed by atoms with Gasteiger partial charge in [0, 0.05) is 51.8 Å². The van der Waals surface area contributed by atoms with E-state index >= 15 is 0 Å². The van der Waals surface area contributed by atoms with E-state index in [1.54, 1.807) is 25.4 Å². The average Bonchev–Trinajstić information content (AvgIpc) is 3.24. The number of rotatable bonds is 5. The molecule has 0 aliphatic heterocycles. The summed E-state index contributed by atoms with van der Waals surface area (Å²) in [5, 5.41) is 16.7. The van der Waals surface area contributed by atoms with E-state index in [4.69, 9.17) is 0 Å². The zero-order chi connectivity index (χ0) is 21.1. The molecule has 2 aromatic heterocycles. The molecule has 0 unspecified atom stereocenters. The molecule has 1 amide bonds. The summed E-state index contributed by atoms with van der Waals surface area (Å²) < 4.78 is 0. The number of nitrogens with zero attached hydrogens (tertiary/aromatic N) is 3. The van der Waals surface area contributed by atoms with E-state index in [0.29, 0.717) is 16.8 Å². The van der Waals surface area contributed by atoms with Crippen LogP contribution in [0.4, 0.5) is 11.4 Å². The van der Waals surface area contributed by atoms with Crippen LogP contribution in [0.5, 0.6) is 0 Å².